The van der Waals surface area contributed by atoms with Gasteiger partial charge in [0.15, 0.2) is 0 Å². The third-order valence-electron chi connectivity index (χ3n) is 3.02. The number of aliphatic hydroxyl groups is 1. The van der Waals surface area contributed by atoms with Crippen LogP contribution in [0.2, 0.25) is 0 Å². The highest BCUT2D eigenvalue weighted by Crippen LogP contribution is 2.18. The van der Waals surface area contributed by atoms with E-state index in [1.165, 1.54) is 11.3 Å². The largest absolute Gasteiger partial charge is 0.396 e. The molecule has 2 unspecified atom stereocenters. The van der Waals surface area contributed by atoms with Crippen molar-refractivity contribution in [2.24, 2.45) is 5.92 Å². The average Bonchev–Trinajstić information content (AvgIpc) is 2.89. The quantitative estimate of drug-likeness (QED) is 0.719. The molecule has 0 aliphatic rings. The summed E-state index contributed by atoms with van der Waals surface area (Å²) in [4.78, 5) is 16.2. The van der Waals surface area contributed by atoms with Crippen LogP contribution in [-0.2, 0) is 0 Å². The lowest BCUT2D eigenvalue weighted by Gasteiger charge is -2.23. The van der Waals surface area contributed by atoms with E-state index in [1.807, 2.05) is 26.2 Å². The molecule has 1 rings (SSSR count). The highest BCUT2D eigenvalue weighted by atomic mass is 32.1. The summed E-state index contributed by atoms with van der Waals surface area (Å²) < 4.78 is 0. The second-order valence-electron chi connectivity index (χ2n) is 4.81. The standard InChI is InChI=1S/C13H23N3O2S/c1-4-10(12-14-6-8-19-12)15-13(18)16-11(5-7-17)9(2)3/h6,8-11,17H,4-5,7H2,1-3H3,(H2,15,16,18). The molecule has 0 saturated heterocycles. The highest BCUT2D eigenvalue weighted by molar-refractivity contribution is 7.09. The number of hydrogen-bond donors (Lipinski definition) is 3. The molecular formula is C13H23N3O2S. The van der Waals surface area contributed by atoms with Crippen molar-refractivity contribution in [2.75, 3.05) is 6.61 Å². The molecule has 0 saturated carbocycles. The summed E-state index contributed by atoms with van der Waals surface area (Å²) in [7, 11) is 0. The molecule has 0 fully saturated rings. The Hall–Kier alpha value is -1.14. The molecule has 108 valence electrons. The minimum absolute atomic E-state index is 0.0150. The first kappa shape index (κ1) is 15.9. The van der Waals surface area contributed by atoms with Gasteiger partial charge in [-0.15, -0.1) is 11.3 Å². The van der Waals surface area contributed by atoms with E-state index in [2.05, 4.69) is 15.6 Å². The smallest absolute Gasteiger partial charge is 0.315 e. The molecule has 0 aromatic carbocycles. The minimum Gasteiger partial charge on any atom is -0.396 e. The van der Waals surface area contributed by atoms with E-state index < -0.39 is 0 Å². The van der Waals surface area contributed by atoms with Crippen molar-refractivity contribution in [3.63, 3.8) is 0 Å². The van der Waals surface area contributed by atoms with Crippen molar-refractivity contribution in [3.05, 3.63) is 16.6 Å². The predicted molar refractivity (Wildman–Crippen MR) is 77.1 cm³/mol. The summed E-state index contributed by atoms with van der Waals surface area (Å²) in [5, 5.41) is 17.7. The SMILES string of the molecule is CCC(NC(=O)NC(CCO)C(C)C)c1nccs1. The fourth-order valence-electron chi connectivity index (χ4n) is 1.82. The molecule has 1 aromatic rings. The van der Waals surface area contributed by atoms with E-state index >= 15 is 0 Å². The molecule has 2 amide bonds. The van der Waals surface area contributed by atoms with Crippen molar-refractivity contribution in [1.82, 2.24) is 15.6 Å². The second-order valence-corrected chi connectivity index (χ2v) is 5.74. The molecular weight excluding hydrogens is 262 g/mol. The lowest BCUT2D eigenvalue weighted by atomic mass is 10.0. The number of aromatic nitrogens is 1. The van der Waals surface area contributed by atoms with E-state index in [1.54, 1.807) is 6.20 Å². The first-order chi connectivity index (χ1) is 9.08. The molecule has 2 atom stereocenters. The third kappa shape index (κ3) is 5.16. The molecule has 0 radical (unpaired) electrons. The fraction of sp³-hybridized carbons (Fsp3) is 0.692. The van der Waals surface area contributed by atoms with Crippen LogP contribution < -0.4 is 10.6 Å². The van der Waals surface area contributed by atoms with Crippen LogP contribution in [0.1, 0.15) is 44.7 Å². The van der Waals surface area contributed by atoms with Gasteiger partial charge < -0.3 is 15.7 Å². The number of aliphatic hydroxyl groups excluding tert-OH is 1. The Morgan fingerprint density at radius 2 is 2.21 bits per heavy atom. The van der Waals surface area contributed by atoms with E-state index in [9.17, 15) is 4.79 Å². The van der Waals surface area contributed by atoms with Gasteiger partial charge in [0.1, 0.15) is 5.01 Å². The molecule has 0 spiro atoms. The minimum atomic E-state index is -0.200. The van der Waals surface area contributed by atoms with Crippen LogP contribution in [0.25, 0.3) is 0 Å². The summed E-state index contributed by atoms with van der Waals surface area (Å²) in [6, 6.07) is -0.269. The van der Waals surface area contributed by atoms with Gasteiger partial charge in [-0.25, -0.2) is 9.78 Å². The van der Waals surface area contributed by atoms with Crippen LogP contribution in [0.15, 0.2) is 11.6 Å². The van der Waals surface area contributed by atoms with Crippen LogP contribution in [0.3, 0.4) is 0 Å². The van der Waals surface area contributed by atoms with Gasteiger partial charge in [-0.2, -0.15) is 0 Å². The monoisotopic (exact) mass is 285 g/mol. The zero-order valence-corrected chi connectivity index (χ0v) is 12.5. The Kier molecular flexibility index (Phi) is 6.80. The number of amides is 2. The lowest BCUT2D eigenvalue weighted by molar-refractivity contribution is 0.216. The first-order valence-corrected chi connectivity index (χ1v) is 7.53. The first-order valence-electron chi connectivity index (χ1n) is 6.65. The zero-order chi connectivity index (χ0) is 14.3. The van der Waals surface area contributed by atoms with E-state index in [0.29, 0.717) is 6.42 Å². The Balaban J connectivity index is 2.53. The Bertz CT molecular complexity index is 368. The van der Waals surface area contributed by atoms with Crippen LogP contribution in [0, 0.1) is 5.92 Å². The Labute approximate surface area is 118 Å². The lowest BCUT2D eigenvalue weighted by Crippen LogP contribution is -2.45. The van der Waals surface area contributed by atoms with Crippen LogP contribution in [0.5, 0.6) is 0 Å². The van der Waals surface area contributed by atoms with Crippen molar-refractivity contribution >= 4 is 17.4 Å². The Morgan fingerprint density at radius 3 is 2.68 bits per heavy atom. The maximum Gasteiger partial charge on any atom is 0.315 e. The normalized spacial score (nSPS) is 14.2. The van der Waals surface area contributed by atoms with Crippen molar-refractivity contribution in [2.45, 2.75) is 45.7 Å². The summed E-state index contributed by atoms with van der Waals surface area (Å²) in [6.45, 7) is 6.14. The van der Waals surface area contributed by atoms with E-state index in [4.69, 9.17) is 5.11 Å². The number of carbonyl (C=O) groups excluding carboxylic acids is 1. The third-order valence-corrected chi connectivity index (χ3v) is 3.91. The second kappa shape index (κ2) is 8.12. The average molecular weight is 285 g/mol. The number of nitrogens with zero attached hydrogens (tertiary/aromatic N) is 1. The number of thiazole rings is 1. The van der Waals surface area contributed by atoms with Gasteiger partial charge in [0, 0.05) is 24.2 Å². The van der Waals surface area contributed by atoms with Gasteiger partial charge >= 0.3 is 6.03 Å². The molecule has 0 bridgehead atoms. The molecule has 1 heterocycles. The Morgan fingerprint density at radius 1 is 1.47 bits per heavy atom. The molecule has 19 heavy (non-hydrogen) atoms. The van der Waals surface area contributed by atoms with Crippen LogP contribution in [-0.4, -0.2) is 28.8 Å². The number of rotatable bonds is 7. The van der Waals surface area contributed by atoms with Crippen molar-refractivity contribution in [1.29, 1.82) is 0 Å². The van der Waals surface area contributed by atoms with Gasteiger partial charge in [-0.1, -0.05) is 20.8 Å². The summed E-state index contributed by atoms with van der Waals surface area (Å²) in [5.41, 5.74) is 0. The fourth-order valence-corrected chi connectivity index (χ4v) is 2.60. The maximum absolute atomic E-state index is 12.0. The number of nitrogens with one attached hydrogen (secondary N) is 2. The number of carbonyl (C=O) groups is 1. The van der Waals surface area contributed by atoms with Gasteiger partial charge in [0.25, 0.3) is 0 Å². The van der Waals surface area contributed by atoms with Crippen LogP contribution in [0.4, 0.5) is 4.79 Å². The molecule has 1 aromatic heterocycles. The molecule has 5 nitrogen and oxygen atoms in total. The van der Waals surface area contributed by atoms with Gasteiger partial charge in [0.05, 0.1) is 6.04 Å². The zero-order valence-electron chi connectivity index (χ0n) is 11.7. The highest BCUT2D eigenvalue weighted by Gasteiger charge is 2.19. The van der Waals surface area contributed by atoms with Gasteiger partial charge in [0.2, 0.25) is 0 Å². The molecule has 0 aliphatic heterocycles. The molecule has 3 N–H and O–H groups in total. The summed E-state index contributed by atoms with van der Waals surface area (Å²) in [6.07, 6.45) is 3.11. The topological polar surface area (TPSA) is 74.2 Å². The maximum atomic E-state index is 12.0. The summed E-state index contributed by atoms with van der Waals surface area (Å²) in [5.74, 6) is 0.290. The van der Waals surface area contributed by atoms with Crippen molar-refractivity contribution in [3.8, 4) is 0 Å². The van der Waals surface area contributed by atoms with Crippen LogP contribution >= 0.6 is 11.3 Å². The van der Waals surface area contributed by atoms with Gasteiger partial charge in [-0.3, -0.25) is 0 Å². The van der Waals surface area contributed by atoms with Crippen molar-refractivity contribution < 1.29 is 9.90 Å². The number of hydrogen-bond acceptors (Lipinski definition) is 4. The molecule has 0 aliphatic carbocycles. The number of urea groups is 1. The summed E-state index contributed by atoms with van der Waals surface area (Å²) >= 11 is 1.54. The molecule has 6 heteroatoms. The van der Waals surface area contributed by atoms with Gasteiger partial charge in [-0.05, 0) is 18.8 Å². The van der Waals surface area contributed by atoms with E-state index in [0.717, 1.165) is 11.4 Å². The predicted octanol–water partition coefficient (Wildman–Crippen LogP) is 2.30. The van der Waals surface area contributed by atoms with E-state index in [-0.39, 0.29) is 30.6 Å².